The van der Waals surface area contributed by atoms with Gasteiger partial charge < -0.3 is 19.8 Å². The van der Waals surface area contributed by atoms with Crippen LogP contribution >= 0.6 is 7.82 Å². The van der Waals surface area contributed by atoms with Crippen LogP contribution in [0.25, 0.3) is 0 Å². The molecule has 0 aliphatic heterocycles. The van der Waals surface area contributed by atoms with Gasteiger partial charge in [0.15, 0.2) is 0 Å². The van der Waals surface area contributed by atoms with Crippen LogP contribution in [0.5, 0.6) is 0 Å². The average Bonchev–Trinajstić information content (AvgIpc) is 3.19. The Bertz CT molecular complexity index is 1190. The van der Waals surface area contributed by atoms with E-state index in [1.807, 2.05) is 27.2 Å². The van der Waals surface area contributed by atoms with Crippen LogP contribution in [0, 0.1) is 0 Å². The number of aliphatic hydroxyl groups is 1. The molecule has 0 heterocycles. The number of quaternary nitrogens is 1. The van der Waals surface area contributed by atoms with E-state index in [4.69, 9.17) is 9.05 Å². The summed E-state index contributed by atoms with van der Waals surface area (Å²) in [5.41, 5.74) is 0. The third kappa shape index (κ3) is 43.8. The number of phosphoric ester groups is 1. The van der Waals surface area contributed by atoms with Crippen molar-refractivity contribution in [2.45, 2.75) is 199 Å². The first-order chi connectivity index (χ1) is 28.5. The van der Waals surface area contributed by atoms with E-state index in [1.165, 1.54) is 103 Å². The van der Waals surface area contributed by atoms with Crippen LogP contribution in [-0.2, 0) is 18.4 Å². The monoisotopic (exact) mass is 848 g/mol. The highest BCUT2D eigenvalue weighted by Crippen LogP contribution is 2.43. The number of carbonyl (C=O) groups excluding carboxylic acids is 1. The molecule has 1 amide bonds. The summed E-state index contributed by atoms with van der Waals surface area (Å²) in [7, 11) is 1.53. The lowest BCUT2D eigenvalue weighted by molar-refractivity contribution is -0.870. The summed E-state index contributed by atoms with van der Waals surface area (Å²) in [6.07, 6.45) is 55.6. The van der Waals surface area contributed by atoms with Gasteiger partial charge in [-0.15, -0.1) is 0 Å². The van der Waals surface area contributed by atoms with Gasteiger partial charge in [-0.05, 0) is 57.8 Å². The maximum Gasteiger partial charge on any atom is 0.472 e. The van der Waals surface area contributed by atoms with Gasteiger partial charge in [0.2, 0.25) is 5.91 Å². The summed E-state index contributed by atoms with van der Waals surface area (Å²) in [6.45, 7) is 4.65. The minimum absolute atomic E-state index is 0.0476. The molecular formula is C50H92N2O6P+. The van der Waals surface area contributed by atoms with E-state index in [9.17, 15) is 19.4 Å². The molecule has 0 aromatic rings. The van der Waals surface area contributed by atoms with E-state index in [0.29, 0.717) is 17.4 Å². The van der Waals surface area contributed by atoms with Gasteiger partial charge in [0.1, 0.15) is 13.2 Å². The van der Waals surface area contributed by atoms with Crippen molar-refractivity contribution in [2.24, 2.45) is 0 Å². The molecule has 0 saturated heterocycles. The van der Waals surface area contributed by atoms with Crippen molar-refractivity contribution in [3.05, 3.63) is 72.9 Å². The lowest BCUT2D eigenvalue weighted by Gasteiger charge is -2.25. The second-order valence-corrected chi connectivity index (χ2v) is 18.6. The quantitative estimate of drug-likeness (QED) is 0.0245. The smallest absolute Gasteiger partial charge is 0.387 e. The van der Waals surface area contributed by atoms with Crippen molar-refractivity contribution in [3.8, 4) is 0 Å². The zero-order valence-corrected chi connectivity index (χ0v) is 39.6. The molecule has 3 atom stereocenters. The molecule has 3 N–H and O–H groups in total. The van der Waals surface area contributed by atoms with E-state index in [1.54, 1.807) is 6.08 Å². The largest absolute Gasteiger partial charge is 0.472 e. The SMILES string of the molecule is CC/C=C\C/C=C\C/C=C\C/C=C\C/C=C\CCCC(=O)NC(COP(=O)(O)OCC[N+](C)(C)C)C(O)/C=C/CCCCCCCCCCCCCCCCCCCC. The number of allylic oxidation sites excluding steroid dienone is 11. The van der Waals surface area contributed by atoms with Gasteiger partial charge in [-0.2, -0.15) is 0 Å². The van der Waals surface area contributed by atoms with E-state index in [2.05, 4.69) is 79.9 Å². The van der Waals surface area contributed by atoms with Crippen LogP contribution in [0.4, 0.5) is 0 Å². The molecule has 0 rings (SSSR count). The normalized spacial score (nSPS) is 14.9. The molecule has 0 aliphatic carbocycles. The van der Waals surface area contributed by atoms with Crippen LogP contribution < -0.4 is 5.32 Å². The van der Waals surface area contributed by atoms with E-state index < -0.39 is 20.0 Å². The lowest BCUT2D eigenvalue weighted by Crippen LogP contribution is -2.45. The maximum absolute atomic E-state index is 12.9. The Kier molecular flexibility index (Phi) is 39.9. The predicted octanol–water partition coefficient (Wildman–Crippen LogP) is 13.6. The van der Waals surface area contributed by atoms with Crippen LogP contribution in [0.1, 0.15) is 187 Å². The van der Waals surface area contributed by atoms with E-state index in [-0.39, 0.29) is 25.5 Å². The standard InChI is InChI=1S/C50H91N2O6P/c1-6-8-10-12-14-16-18-20-22-24-25-26-28-29-31-33-35-37-39-41-43-49(53)48(47-58-59(55,56)57-46-45-52(3,4)5)51-50(54)44-42-40-38-36-34-32-30-27-23-21-19-17-15-13-11-9-7-2/h9,11,15,17,21,23,30,32,36,38,41,43,48-49,53H,6-8,10,12-14,16,18-20,22,24-29,31,33-35,37,39-40,42,44-47H2,1-5H3,(H-,51,54,55,56)/p+1/b11-9-,17-15-,23-21-,32-30-,38-36-,43-41+. The number of nitrogens with zero attached hydrogens (tertiary/aromatic N) is 1. The average molecular weight is 848 g/mol. The lowest BCUT2D eigenvalue weighted by atomic mass is 10.0. The molecule has 8 nitrogen and oxygen atoms in total. The summed E-state index contributed by atoms with van der Waals surface area (Å²) in [4.78, 5) is 23.1. The summed E-state index contributed by atoms with van der Waals surface area (Å²) in [5.74, 6) is -0.236. The van der Waals surface area contributed by atoms with Crippen molar-refractivity contribution in [1.29, 1.82) is 0 Å². The second kappa shape index (κ2) is 41.3. The Morgan fingerprint density at radius 2 is 1.02 bits per heavy atom. The molecular weight excluding hydrogens is 756 g/mol. The molecule has 9 heteroatoms. The van der Waals surface area contributed by atoms with Gasteiger partial charge in [0.05, 0.1) is 39.9 Å². The van der Waals surface area contributed by atoms with Gasteiger partial charge in [0, 0.05) is 6.42 Å². The van der Waals surface area contributed by atoms with Gasteiger partial charge in [0.25, 0.3) is 0 Å². The highest BCUT2D eigenvalue weighted by Gasteiger charge is 2.27. The minimum atomic E-state index is -4.36. The van der Waals surface area contributed by atoms with Gasteiger partial charge in [-0.25, -0.2) is 4.57 Å². The molecule has 0 saturated carbocycles. The summed E-state index contributed by atoms with van der Waals surface area (Å²) in [6, 6.07) is -0.879. The first-order valence-electron chi connectivity index (χ1n) is 23.8. The predicted molar refractivity (Wildman–Crippen MR) is 253 cm³/mol. The Hall–Kier alpha value is -2.06. The van der Waals surface area contributed by atoms with Gasteiger partial charge in [-0.1, -0.05) is 196 Å². The molecule has 0 aromatic carbocycles. The van der Waals surface area contributed by atoms with Crippen molar-refractivity contribution < 1.29 is 32.9 Å². The van der Waals surface area contributed by atoms with Crippen molar-refractivity contribution in [3.63, 3.8) is 0 Å². The molecule has 0 spiro atoms. The molecule has 0 radical (unpaired) electrons. The van der Waals surface area contributed by atoms with Crippen molar-refractivity contribution in [1.82, 2.24) is 5.32 Å². The number of likely N-dealkylation sites (N-methyl/N-ethyl adjacent to an activating group) is 1. The zero-order valence-electron chi connectivity index (χ0n) is 38.7. The molecule has 3 unspecified atom stereocenters. The minimum Gasteiger partial charge on any atom is -0.387 e. The van der Waals surface area contributed by atoms with Crippen molar-refractivity contribution in [2.75, 3.05) is 40.9 Å². The maximum atomic E-state index is 12.9. The third-order valence-corrected chi connectivity index (χ3v) is 11.2. The highest BCUT2D eigenvalue weighted by molar-refractivity contribution is 7.47. The fourth-order valence-electron chi connectivity index (χ4n) is 6.43. The third-order valence-electron chi connectivity index (χ3n) is 10.2. The fourth-order valence-corrected chi connectivity index (χ4v) is 7.16. The van der Waals surface area contributed by atoms with Gasteiger partial charge >= 0.3 is 7.82 Å². The topological polar surface area (TPSA) is 105 Å². The molecule has 0 aliphatic rings. The summed E-state index contributed by atoms with van der Waals surface area (Å²) < 4.78 is 23.6. The number of amides is 1. The Morgan fingerprint density at radius 3 is 1.47 bits per heavy atom. The Morgan fingerprint density at radius 1 is 0.593 bits per heavy atom. The summed E-state index contributed by atoms with van der Waals surface area (Å²) in [5, 5.41) is 13.8. The zero-order chi connectivity index (χ0) is 43.6. The number of carbonyl (C=O) groups is 1. The molecule has 342 valence electrons. The van der Waals surface area contributed by atoms with Crippen molar-refractivity contribution >= 4 is 13.7 Å². The number of rotatable bonds is 42. The number of nitrogens with one attached hydrogen (secondary N) is 1. The van der Waals surface area contributed by atoms with E-state index in [0.717, 1.165) is 57.8 Å². The van der Waals surface area contributed by atoms with Crippen LogP contribution in [0.3, 0.4) is 0 Å². The first-order valence-corrected chi connectivity index (χ1v) is 25.3. The molecule has 59 heavy (non-hydrogen) atoms. The van der Waals surface area contributed by atoms with Crippen LogP contribution in [0.2, 0.25) is 0 Å². The number of aliphatic hydroxyl groups excluding tert-OH is 1. The first kappa shape index (κ1) is 56.9. The Labute approximate surface area is 364 Å². The number of hydrogen-bond donors (Lipinski definition) is 3. The molecule has 0 fully saturated rings. The summed E-state index contributed by atoms with van der Waals surface area (Å²) >= 11 is 0. The van der Waals surface area contributed by atoms with Crippen LogP contribution in [-0.4, -0.2) is 73.4 Å². The number of hydrogen-bond acceptors (Lipinski definition) is 5. The Balaban J connectivity index is 4.47. The highest BCUT2D eigenvalue weighted by atomic mass is 31.2. The second-order valence-electron chi connectivity index (χ2n) is 17.1. The van der Waals surface area contributed by atoms with E-state index >= 15 is 0 Å². The molecule has 0 aromatic heterocycles. The fraction of sp³-hybridized carbons (Fsp3) is 0.740. The number of phosphoric acid groups is 1. The van der Waals surface area contributed by atoms with Crippen LogP contribution in [0.15, 0.2) is 72.9 Å². The van der Waals surface area contributed by atoms with Gasteiger partial charge in [-0.3, -0.25) is 13.8 Å². The molecule has 0 bridgehead atoms. The number of unbranched alkanes of at least 4 members (excludes halogenated alkanes) is 19.